The zero-order chi connectivity index (χ0) is 20.7. The van der Waals surface area contributed by atoms with Crippen molar-refractivity contribution in [3.05, 3.63) is 34.9 Å². The molecule has 1 saturated heterocycles. The van der Waals surface area contributed by atoms with Crippen LogP contribution in [-0.4, -0.2) is 48.4 Å². The standard InChI is InChI=1S/C21H29ClN2O4/c1-4-14(3)18(23-19(25)15-8-10-17(22)11-9-15)20(26)24-12-6-7-16(13-24)21(27)28-5-2/h8-11,14,16,18H,4-7,12-13H2,1-3H3,(H,23,25). The summed E-state index contributed by atoms with van der Waals surface area (Å²) in [5, 5.41) is 3.43. The van der Waals surface area contributed by atoms with E-state index in [0.29, 0.717) is 36.7 Å². The summed E-state index contributed by atoms with van der Waals surface area (Å²) in [6, 6.07) is 5.91. The fraction of sp³-hybridized carbons (Fsp3) is 0.571. The molecule has 2 rings (SSSR count). The number of hydrogen-bond acceptors (Lipinski definition) is 4. The second-order valence-electron chi connectivity index (χ2n) is 7.22. The van der Waals surface area contributed by atoms with Crippen LogP contribution in [0, 0.1) is 11.8 Å². The minimum Gasteiger partial charge on any atom is -0.466 e. The van der Waals surface area contributed by atoms with Crippen molar-refractivity contribution in [2.45, 2.75) is 46.1 Å². The lowest BCUT2D eigenvalue weighted by Crippen LogP contribution is -2.54. The lowest BCUT2D eigenvalue weighted by Gasteiger charge is -2.35. The van der Waals surface area contributed by atoms with E-state index in [2.05, 4.69) is 5.32 Å². The first kappa shape index (κ1) is 22.2. The minimum absolute atomic E-state index is 0.0354. The summed E-state index contributed by atoms with van der Waals surface area (Å²) >= 11 is 5.88. The van der Waals surface area contributed by atoms with Gasteiger partial charge in [0.15, 0.2) is 0 Å². The number of rotatable bonds is 7. The molecule has 2 amide bonds. The molecule has 0 aromatic heterocycles. The Kier molecular flexibility index (Phi) is 8.30. The summed E-state index contributed by atoms with van der Waals surface area (Å²) < 4.78 is 5.11. The van der Waals surface area contributed by atoms with E-state index in [1.807, 2.05) is 13.8 Å². The second kappa shape index (κ2) is 10.5. The van der Waals surface area contributed by atoms with Crippen LogP contribution in [0.2, 0.25) is 5.02 Å². The van der Waals surface area contributed by atoms with E-state index in [1.165, 1.54) is 0 Å². The molecule has 6 nitrogen and oxygen atoms in total. The van der Waals surface area contributed by atoms with Crippen LogP contribution in [0.25, 0.3) is 0 Å². The molecule has 28 heavy (non-hydrogen) atoms. The van der Waals surface area contributed by atoms with E-state index in [1.54, 1.807) is 36.1 Å². The van der Waals surface area contributed by atoms with Crippen molar-refractivity contribution in [3.8, 4) is 0 Å². The van der Waals surface area contributed by atoms with Crippen LogP contribution in [0.4, 0.5) is 0 Å². The van der Waals surface area contributed by atoms with Crippen LogP contribution >= 0.6 is 11.6 Å². The van der Waals surface area contributed by atoms with Crippen molar-refractivity contribution in [1.29, 1.82) is 0 Å². The number of nitrogens with zero attached hydrogens (tertiary/aromatic N) is 1. The molecule has 3 atom stereocenters. The maximum atomic E-state index is 13.2. The van der Waals surface area contributed by atoms with Crippen LogP contribution < -0.4 is 5.32 Å². The van der Waals surface area contributed by atoms with Crippen molar-refractivity contribution in [1.82, 2.24) is 10.2 Å². The van der Waals surface area contributed by atoms with E-state index in [-0.39, 0.29) is 29.6 Å². The summed E-state index contributed by atoms with van der Waals surface area (Å²) in [7, 11) is 0. The maximum absolute atomic E-state index is 13.2. The molecule has 1 heterocycles. The minimum atomic E-state index is -0.644. The molecule has 0 spiro atoms. The lowest BCUT2D eigenvalue weighted by atomic mass is 9.93. The van der Waals surface area contributed by atoms with Crippen molar-refractivity contribution in [2.24, 2.45) is 11.8 Å². The zero-order valence-electron chi connectivity index (χ0n) is 16.7. The fourth-order valence-electron chi connectivity index (χ4n) is 3.34. The van der Waals surface area contributed by atoms with Gasteiger partial charge in [0.05, 0.1) is 12.5 Å². The number of benzene rings is 1. The van der Waals surface area contributed by atoms with Gasteiger partial charge in [0.1, 0.15) is 6.04 Å². The molecule has 1 fully saturated rings. The van der Waals surface area contributed by atoms with E-state index >= 15 is 0 Å². The Balaban J connectivity index is 2.11. The number of amides is 2. The predicted molar refractivity (Wildman–Crippen MR) is 108 cm³/mol. The first-order chi connectivity index (χ1) is 13.4. The highest BCUT2D eigenvalue weighted by atomic mass is 35.5. The largest absolute Gasteiger partial charge is 0.466 e. The van der Waals surface area contributed by atoms with Gasteiger partial charge in [0.2, 0.25) is 5.91 Å². The maximum Gasteiger partial charge on any atom is 0.310 e. The highest BCUT2D eigenvalue weighted by Crippen LogP contribution is 2.21. The van der Waals surface area contributed by atoms with Gasteiger partial charge in [-0.15, -0.1) is 0 Å². The van der Waals surface area contributed by atoms with E-state index < -0.39 is 6.04 Å². The van der Waals surface area contributed by atoms with Gasteiger partial charge in [-0.25, -0.2) is 0 Å². The first-order valence-corrected chi connectivity index (χ1v) is 10.3. The molecule has 1 aromatic rings. The Morgan fingerprint density at radius 1 is 1.25 bits per heavy atom. The molecule has 7 heteroatoms. The van der Waals surface area contributed by atoms with Gasteiger partial charge < -0.3 is 15.0 Å². The normalized spacial score (nSPS) is 18.9. The van der Waals surface area contributed by atoms with Crippen LogP contribution in [0.15, 0.2) is 24.3 Å². The number of piperidine rings is 1. The molecule has 1 aliphatic heterocycles. The molecule has 154 valence electrons. The van der Waals surface area contributed by atoms with Gasteiger partial charge in [0, 0.05) is 23.7 Å². The van der Waals surface area contributed by atoms with Crippen LogP contribution in [-0.2, 0) is 14.3 Å². The third-order valence-electron chi connectivity index (χ3n) is 5.23. The Hall–Kier alpha value is -2.08. The van der Waals surface area contributed by atoms with E-state index in [9.17, 15) is 14.4 Å². The third kappa shape index (κ3) is 5.71. The smallest absolute Gasteiger partial charge is 0.310 e. The zero-order valence-corrected chi connectivity index (χ0v) is 17.5. The van der Waals surface area contributed by atoms with Gasteiger partial charge in [-0.3, -0.25) is 14.4 Å². The van der Waals surface area contributed by atoms with Crippen molar-refractivity contribution >= 4 is 29.4 Å². The summed E-state index contributed by atoms with van der Waals surface area (Å²) in [6.07, 6.45) is 2.20. The number of esters is 1. The average molecular weight is 409 g/mol. The number of ether oxygens (including phenoxy) is 1. The topological polar surface area (TPSA) is 75.7 Å². The number of halogens is 1. The third-order valence-corrected chi connectivity index (χ3v) is 5.48. The summed E-state index contributed by atoms with van der Waals surface area (Å²) in [5.41, 5.74) is 0.452. The Labute approximate surface area is 171 Å². The van der Waals surface area contributed by atoms with Crippen LogP contribution in [0.1, 0.15) is 50.4 Å². The number of nitrogens with one attached hydrogen (secondary N) is 1. The van der Waals surface area contributed by atoms with Gasteiger partial charge in [-0.2, -0.15) is 0 Å². The number of hydrogen-bond donors (Lipinski definition) is 1. The van der Waals surface area contributed by atoms with Gasteiger partial charge in [0.25, 0.3) is 5.91 Å². The molecule has 0 aliphatic carbocycles. The molecular weight excluding hydrogens is 380 g/mol. The van der Waals surface area contributed by atoms with Crippen molar-refractivity contribution < 1.29 is 19.1 Å². The van der Waals surface area contributed by atoms with E-state index in [4.69, 9.17) is 16.3 Å². The SMILES string of the molecule is CCOC(=O)C1CCCN(C(=O)C(NC(=O)c2ccc(Cl)cc2)C(C)CC)C1. The Bertz CT molecular complexity index is 692. The molecule has 0 saturated carbocycles. The highest BCUT2D eigenvalue weighted by molar-refractivity contribution is 6.30. The molecule has 1 aliphatic rings. The Morgan fingerprint density at radius 3 is 2.54 bits per heavy atom. The Morgan fingerprint density at radius 2 is 1.93 bits per heavy atom. The second-order valence-corrected chi connectivity index (χ2v) is 7.66. The number of carbonyl (C=O) groups excluding carboxylic acids is 3. The van der Waals surface area contributed by atoms with Crippen molar-refractivity contribution in [3.63, 3.8) is 0 Å². The quantitative estimate of drug-likeness (QED) is 0.702. The highest BCUT2D eigenvalue weighted by Gasteiger charge is 2.35. The molecule has 0 radical (unpaired) electrons. The summed E-state index contributed by atoms with van der Waals surface area (Å²) in [6.45, 7) is 6.94. The molecule has 3 unspecified atom stereocenters. The predicted octanol–water partition coefficient (Wildman–Crippen LogP) is 3.29. The van der Waals surface area contributed by atoms with Crippen LogP contribution in [0.3, 0.4) is 0 Å². The molecule has 0 bridgehead atoms. The number of carbonyl (C=O) groups is 3. The van der Waals surface area contributed by atoms with Gasteiger partial charge in [-0.1, -0.05) is 31.9 Å². The van der Waals surface area contributed by atoms with Crippen molar-refractivity contribution in [2.75, 3.05) is 19.7 Å². The summed E-state index contributed by atoms with van der Waals surface area (Å²) in [5.74, 6) is -1.06. The van der Waals surface area contributed by atoms with E-state index in [0.717, 1.165) is 12.8 Å². The molecule has 1 aromatic carbocycles. The number of likely N-dealkylation sites (tertiary alicyclic amines) is 1. The lowest BCUT2D eigenvalue weighted by molar-refractivity contribution is -0.151. The van der Waals surface area contributed by atoms with Gasteiger partial charge in [-0.05, 0) is 49.9 Å². The summed E-state index contributed by atoms with van der Waals surface area (Å²) in [4.78, 5) is 39.6. The first-order valence-electron chi connectivity index (χ1n) is 9.89. The monoisotopic (exact) mass is 408 g/mol. The average Bonchev–Trinajstić information content (AvgIpc) is 2.71. The van der Waals surface area contributed by atoms with Crippen LogP contribution in [0.5, 0.6) is 0 Å². The fourth-order valence-corrected chi connectivity index (χ4v) is 3.46. The molecular formula is C21H29ClN2O4. The molecule has 1 N–H and O–H groups in total. The van der Waals surface area contributed by atoms with Gasteiger partial charge >= 0.3 is 5.97 Å².